The Hall–Kier alpha value is -2.67. The van der Waals surface area contributed by atoms with Gasteiger partial charge in [-0.15, -0.1) is 0 Å². The van der Waals surface area contributed by atoms with Crippen molar-refractivity contribution in [2.24, 2.45) is 5.92 Å². The summed E-state index contributed by atoms with van der Waals surface area (Å²) in [6, 6.07) is 9.33. The molecule has 146 valence electrons. The number of ether oxygens (including phenoxy) is 1. The lowest BCUT2D eigenvalue weighted by atomic mass is 10.1. The molecule has 0 fully saturated rings. The molecule has 2 rings (SSSR count). The summed E-state index contributed by atoms with van der Waals surface area (Å²) in [5.41, 5.74) is 2.55. The van der Waals surface area contributed by atoms with Gasteiger partial charge in [0.25, 0.3) is 5.91 Å². The van der Waals surface area contributed by atoms with E-state index < -0.39 is 11.9 Å². The molecule has 2 aromatic rings. The normalized spacial score (nSPS) is 12.0. The van der Waals surface area contributed by atoms with Gasteiger partial charge in [0, 0.05) is 37.9 Å². The SMILES string of the molecule is CCOCCCN(CC(C)C(=O)O)C(=O)c1cc(-c2ccc(C)cc2)no1. The topological polar surface area (TPSA) is 92.9 Å². The van der Waals surface area contributed by atoms with Crippen LogP contribution in [0.1, 0.15) is 36.4 Å². The highest BCUT2D eigenvalue weighted by Gasteiger charge is 2.24. The molecular formula is C20H26N2O5. The first-order chi connectivity index (χ1) is 12.9. The van der Waals surface area contributed by atoms with Gasteiger partial charge in [-0.1, -0.05) is 41.9 Å². The number of benzene rings is 1. The van der Waals surface area contributed by atoms with Gasteiger partial charge in [-0.3, -0.25) is 9.59 Å². The van der Waals surface area contributed by atoms with Gasteiger partial charge in [0.2, 0.25) is 5.76 Å². The Kier molecular flexibility index (Phi) is 7.55. The highest BCUT2D eigenvalue weighted by molar-refractivity contribution is 5.92. The molecular weight excluding hydrogens is 348 g/mol. The third-order valence-corrected chi connectivity index (χ3v) is 4.19. The van der Waals surface area contributed by atoms with Crippen LogP contribution in [-0.2, 0) is 9.53 Å². The molecule has 27 heavy (non-hydrogen) atoms. The molecule has 7 heteroatoms. The van der Waals surface area contributed by atoms with Crippen molar-refractivity contribution >= 4 is 11.9 Å². The molecule has 0 spiro atoms. The average Bonchev–Trinajstić information content (AvgIpc) is 3.14. The zero-order valence-corrected chi connectivity index (χ0v) is 16.0. The van der Waals surface area contributed by atoms with Gasteiger partial charge in [0.05, 0.1) is 5.92 Å². The molecule has 1 aromatic carbocycles. The predicted octanol–water partition coefficient (Wildman–Crippen LogP) is 3.24. The lowest BCUT2D eigenvalue weighted by molar-refractivity contribution is -0.141. The van der Waals surface area contributed by atoms with Crippen molar-refractivity contribution in [3.05, 3.63) is 41.7 Å². The number of hydrogen-bond acceptors (Lipinski definition) is 5. The van der Waals surface area contributed by atoms with E-state index in [0.717, 1.165) is 11.1 Å². The smallest absolute Gasteiger partial charge is 0.308 e. The van der Waals surface area contributed by atoms with Crippen LogP contribution in [0.25, 0.3) is 11.3 Å². The number of amides is 1. The molecule has 0 aliphatic heterocycles. The number of carboxylic acid groups (broad SMARTS) is 1. The van der Waals surface area contributed by atoms with Crippen LogP contribution in [0, 0.1) is 12.8 Å². The van der Waals surface area contributed by atoms with Gasteiger partial charge in [-0.2, -0.15) is 0 Å². The Morgan fingerprint density at radius 1 is 1.30 bits per heavy atom. The number of carbonyl (C=O) groups is 2. The molecule has 1 unspecified atom stereocenters. The molecule has 0 saturated carbocycles. The molecule has 0 radical (unpaired) electrons. The van der Waals surface area contributed by atoms with Crippen molar-refractivity contribution < 1.29 is 24.0 Å². The van der Waals surface area contributed by atoms with Crippen LogP contribution in [0.5, 0.6) is 0 Å². The molecule has 0 aliphatic rings. The fourth-order valence-electron chi connectivity index (χ4n) is 2.58. The molecule has 1 atom stereocenters. The first-order valence-electron chi connectivity index (χ1n) is 9.06. The highest BCUT2D eigenvalue weighted by atomic mass is 16.5. The van der Waals surface area contributed by atoms with Gasteiger partial charge >= 0.3 is 5.97 Å². The second kappa shape index (κ2) is 9.87. The standard InChI is InChI=1S/C20H26N2O5/c1-4-26-11-5-10-22(13-15(3)20(24)25)19(23)18-12-17(21-27-18)16-8-6-14(2)7-9-16/h6-9,12,15H,4-5,10-11,13H2,1-3H3,(H,24,25). The number of carboxylic acids is 1. The highest BCUT2D eigenvalue weighted by Crippen LogP contribution is 2.21. The quantitative estimate of drug-likeness (QED) is 0.642. The van der Waals surface area contributed by atoms with E-state index >= 15 is 0 Å². The Labute approximate surface area is 158 Å². The maximum atomic E-state index is 12.8. The Morgan fingerprint density at radius 2 is 2.00 bits per heavy atom. The van der Waals surface area contributed by atoms with E-state index in [1.165, 1.54) is 4.90 Å². The first kappa shape index (κ1) is 20.6. The number of hydrogen-bond donors (Lipinski definition) is 1. The largest absolute Gasteiger partial charge is 0.481 e. The van der Waals surface area contributed by atoms with E-state index in [4.69, 9.17) is 14.4 Å². The number of carbonyl (C=O) groups excluding carboxylic acids is 1. The summed E-state index contributed by atoms with van der Waals surface area (Å²) in [5, 5.41) is 13.1. The minimum atomic E-state index is -0.949. The van der Waals surface area contributed by atoms with Crippen molar-refractivity contribution in [1.82, 2.24) is 10.1 Å². The summed E-state index contributed by atoms with van der Waals surface area (Å²) in [6.07, 6.45) is 0.616. The Bertz CT molecular complexity index is 754. The van der Waals surface area contributed by atoms with Gasteiger partial charge in [-0.05, 0) is 20.3 Å². The Balaban J connectivity index is 2.13. The van der Waals surface area contributed by atoms with Gasteiger partial charge in [-0.25, -0.2) is 0 Å². The number of aliphatic carboxylic acids is 1. The van der Waals surface area contributed by atoms with Crippen molar-refractivity contribution in [3.8, 4) is 11.3 Å². The second-order valence-electron chi connectivity index (χ2n) is 6.48. The lowest BCUT2D eigenvalue weighted by Gasteiger charge is -2.23. The van der Waals surface area contributed by atoms with Gasteiger partial charge < -0.3 is 19.3 Å². The summed E-state index contributed by atoms with van der Waals surface area (Å²) >= 11 is 0. The number of aryl methyl sites for hydroxylation is 1. The third kappa shape index (κ3) is 5.92. The fraction of sp³-hybridized carbons (Fsp3) is 0.450. The molecule has 1 N–H and O–H groups in total. The van der Waals surface area contributed by atoms with Crippen molar-refractivity contribution in [3.63, 3.8) is 0 Å². The molecule has 1 amide bonds. The number of nitrogens with zero attached hydrogens (tertiary/aromatic N) is 2. The summed E-state index contributed by atoms with van der Waals surface area (Å²) in [7, 11) is 0. The second-order valence-corrected chi connectivity index (χ2v) is 6.48. The van der Waals surface area contributed by atoms with Crippen LogP contribution in [0.4, 0.5) is 0 Å². The number of aromatic nitrogens is 1. The van der Waals surface area contributed by atoms with Crippen LogP contribution in [-0.4, -0.2) is 53.3 Å². The number of rotatable bonds is 10. The van der Waals surface area contributed by atoms with Crippen molar-refractivity contribution in [2.75, 3.05) is 26.3 Å². The minimum Gasteiger partial charge on any atom is -0.481 e. The lowest BCUT2D eigenvalue weighted by Crippen LogP contribution is -2.37. The molecule has 1 heterocycles. The minimum absolute atomic E-state index is 0.0968. The maximum absolute atomic E-state index is 12.8. The summed E-state index contributed by atoms with van der Waals surface area (Å²) in [4.78, 5) is 25.5. The van der Waals surface area contributed by atoms with E-state index in [1.54, 1.807) is 13.0 Å². The van der Waals surface area contributed by atoms with E-state index in [-0.39, 0.29) is 18.2 Å². The van der Waals surface area contributed by atoms with Crippen LogP contribution >= 0.6 is 0 Å². The Morgan fingerprint density at radius 3 is 2.63 bits per heavy atom. The van der Waals surface area contributed by atoms with Crippen molar-refractivity contribution in [2.45, 2.75) is 27.2 Å². The van der Waals surface area contributed by atoms with Crippen LogP contribution in [0.2, 0.25) is 0 Å². The molecule has 0 bridgehead atoms. The monoisotopic (exact) mass is 374 g/mol. The summed E-state index contributed by atoms with van der Waals surface area (Å²) in [6.45, 7) is 7.05. The van der Waals surface area contributed by atoms with Crippen LogP contribution in [0.3, 0.4) is 0 Å². The van der Waals surface area contributed by atoms with E-state index in [1.807, 2.05) is 38.1 Å². The molecule has 0 aliphatic carbocycles. The fourth-order valence-corrected chi connectivity index (χ4v) is 2.58. The molecule has 7 nitrogen and oxygen atoms in total. The van der Waals surface area contributed by atoms with E-state index in [9.17, 15) is 9.59 Å². The average molecular weight is 374 g/mol. The first-order valence-corrected chi connectivity index (χ1v) is 9.06. The molecule has 0 saturated heterocycles. The van der Waals surface area contributed by atoms with Gasteiger partial charge in [0.15, 0.2) is 0 Å². The van der Waals surface area contributed by atoms with Crippen LogP contribution < -0.4 is 0 Å². The van der Waals surface area contributed by atoms with Crippen LogP contribution in [0.15, 0.2) is 34.9 Å². The summed E-state index contributed by atoms with van der Waals surface area (Å²) in [5.74, 6) is -1.90. The maximum Gasteiger partial charge on any atom is 0.308 e. The third-order valence-electron chi connectivity index (χ3n) is 4.19. The van der Waals surface area contributed by atoms with E-state index in [2.05, 4.69) is 5.16 Å². The molecule has 1 aromatic heterocycles. The zero-order valence-electron chi connectivity index (χ0n) is 16.0. The summed E-state index contributed by atoms with van der Waals surface area (Å²) < 4.78 is 10.5. The van der Waals surface area contributed by atoms with Crippen molar-refractivity contribution in [1.29, 1.82) is 0 Å². The predicted molar refractivity (Wildman–Crippen MR) is 100 cm³/mol. The van der Waals surface area contributed by atoms with Gasteiger partial charge in [0.1, 0.15) is 5.69 Å². The zero-order chi connectivity index (χ0) is 19.8. The van der Waals surface area contributed by atoms with E-state index in [0.29, 0.717) is 31.9 Å².